The highest BCUT2D eigenvalue weighted by Gasteiger charge is 2.45. The average molecular weight is 578 g/mol. The number of aromatic nitrogens is 3. The lowest BCUT2D eigenvalue weighted by Gasteiger charge is -2.31. The van der Waals surface area contributed by atoms with Crippen molar-refractivity contribution in [2.75, 3.05) is 43.1 Å². The third-order valence-electron chi connectivity index (χ3n) is 8.90. The number of nitrogens with one attached hydrogen (secondary N) is 1. The number of aliphatic hydroxyl groups excluding tert-OH is 1. The van der Waals surface area contributed by atoms with E-state index in [2.05, 4.69) is 25.2 Å². The second-order valence-electron chi connectivity index (χ2n) is 11.5. The number of pyridine rings is 1. The van der Waals surface area contributed by atoms with Crippen LogP contribution in [0.2, 0.25) is 0 Å². The lowest BCUT2D eigenvalue weighted by Crippen LogP contribution is -2.43. The van der Waals surface area contributed by atoms with Crippen molar-refractivity contribution in [3.05, 3.63) is 54.0 Å². The summed E-state index contributed by atoms with van der Waals surface area (Å²) in [5.74, 6) is -0.0337. The molecule has 0 radical (unpaired) electrons. The fraction of sp³-hybridized carbons (Fsp3) is 0.433. The largest absolute Gasteiger partial charge is 0.461 e. The maximum atomic E-state index is 16.4. The Morgan fingerprint density at radius 2 is 1.85 bits per heavy atom. The number of aliphatic hydroxyl groups is 1. The Morgan fingerprint density at radius 1 is 1.10 bits per heavy atom. The number of nitrogens with zero attached hydrogens (tertiary/aromatic N) is 4. The van der Waals surface area contributed by atoms with Gasteiger partial charge >= 0.3 is 6.01 Å². The van der Waals surface area contributed by atoms with E-state index >= 15 is 4.39 Å². The zero-order valence-electron chi connectivity index (χ0n) is 22.6. The standard InChI is InChI=1S/C30H32FN5O4S/c31-25-26(22-8-2-6-20-5-1-7-21(15-37)24(20)22)32-14-23-27(25)34-29(35-28(23)33-13-19-16-41(38,39)17-19)40-18-30-9-3-11-36(30)12-4-10-30/h1-2,5-8,14,19,37H,3-4,9-13,15-18H2,(H,33,34,35). The van der Waals surface area contributed by atoms with E-state index in [1.165, 1.54) is 0 Å². The van der Waals surface area contributed by atoms with E-state index in [-0.39, 0.29) is 46.8 Å². The van der Waals surface area contributed by atoms with Gasteiger partial charge in [-0.2, -0.15) is 9.97 Å². The van der Waals surface area contributed by atoms with E-state index in [9.17, 15) is 13.5 Å². The number of rotatable bonds is 8. The predicted octanol–water partition coefficient (Wildman–Crippen LogP) is 3.94. The van der Waals surface area contributed by atoms with E-state index in [0.29, 0.717) is 35.5 Å². The lowest BCUT2D eigenvalue weighted by molar-refractivity contribution is 0.108. The van der Waals surface area contributed by atoms with Gasteiger partial charge < -0.3 is 15.2 Å². The summed E-state index contributed by atoms with van der Waals surface area (Å²) in [5, 5.41) is 15.2. The van der Waals surface area contributed by atoms with Crippen molar-refractivity contribution in [1.82, 2.24) is 19.9 Å². The van der Waals surface area contributed by atoms with Crippen molar-refractivity contribution < 1.29 is 22.7 Å². The van der Waals surface area contributed by atoms with Crippen LogP contribution in [0.25, 0.3) is 32.9 Å². The summed E-state index contributed by atoms with van der Waals surface area (Å²) in [4.78, 5) is 16.1. The second kappa shape index (κ2) is 10.1. The maximum Gasteiger partial charge on any atom is 0.319 e. The molecule has 7 rings (SSSR count). The Hall–Kier alpha value is -3.41. The van der Waals surface area contributed by atoms with Gasteiger partial charge in [-0.1, -0.05) is 36.4 Å². The maximum absolute atomic E-state index is 16.4. The lowest BCUT2D eigenvalue weighted by atomic mass is 9.95. The predicted molar refractivity (Wildman–Crippen MR) is 155 cm³/mol. The molecule has 214 valence electrons. The van der Waals surface area contributed by atoms with Crippen LogP contribution in [0, 0.1) is 11.7 Å². The van der Waals surface area contributed by atoms with Gasteiger partial charge in [-0.3, -0.25) is 9.88 Å². The van der Waals surface area contributed by atoms with Crippen LogP contribution < -0.4 is 10.1 Å². The summed E-state index contributed by atoms with van der Waals surface area (Å²) < 4.78 is 46.0. The number of hydrogen-bond acceptors (Lipinski definition) is 9. The topological polar surface area (TPSA) is 118 Å². The number of halogens is 1. The zero-order valence-corrected chi connectivity index (χ0v) is 23.5. The van der Waals surface area contributed by atoms with Gasteiger partial charge in [0.1, 0.15) is 23.6 Å². The Balaban J connectivity index is 1.30. The fourth-order valence-corrected chi connectivity index (χ4v) is 8.43. The SMILES string of the molecule is O=S1(=O)CC(CNc2nc(OCC34CCCN3CCC4)nc3c(F)c(-c4cccc5cccc(CO)c45)ncc23)C1. The van der Waals surface area contributed by atoms with Crippen LogP contribution in [-0.4, -0.2) is 76.7 Å². The van der Waals surface area contributed by atoms with Gasteiger partial charge in [0.2, 0.25) is 0 Å². The highest BCUT2D eigenvalue weighted by atomic mass is 32.2. The van der Waals surface area contributed by atoms with Crippen molar-refractivity contribution in [2.24, 2.45) is 5.92 Å². The minimum Gasteiger partial charge on any atom is -0.461 e. The molecule has 0 bridgehead atoms. The van der Waals surface area contributed by atoms with E-state index in [4.69, 9.17) is 4.74 Å². The molecule has 3 fully saturated rings. The first-order valence-electron chi connectivity index (χ1n) is 14.2. The molecule has 0 saturated carbocycles. The molecular formula is C30H32FN5O4S. The summed E-state index contributed by atoms with van der Waals surface area (Å²) in [5.41, 5.74) is 1.42. The number of benzene rings is 2. The molecule has 41 heavy (non-hydrogen) atoms. The first kappa shape index (κ1) is 26.5. The van der Waals surface area contributed by atoms with Gasteiger partial charge in [0.15, 0.2) is 15.7 Å². The molecule has 9 nitrogen and oxygen atoms in total. The normalized spacial score (nSPS) is 19.9. The Bertz CT molecular complexity index is 1740. The fourth-order valence-electron chi connectivity index (χ4n) is 6.86. The van der Waals surface area contributed by atoms with Gasteiger partial charge in [0.05, 0.1) is 29.0 Å². The van der Waals surface area contributed by atoms with E-state index in [1.54, 1.807) is 12.3 Å². The summed E-state index contributed by atoms with van der Waals surface area (Å²) in [7, 11) is -2.97. The van der Waals surface area contributed by atoms with Crippen LogP contribution in [0.15, 0.2) is 42.6 Å². The van der Waals surface area contributed by atoms with Crippen molar-refractivity contribution in [1.29, 1.82) is 0 Å². The van der Waals surface area contributed by atoms with Crippen LogP contribution in [-0.2, 0) is 16.4 Å². The van der Waals surface area contributed by atoms with E-state index < -0.39 is 15.7 Å². The molecule has 2 N–H and O–H groups in total. The Morgan fingerprint density at radius 3 is 2.59 bits per heavy atom. The third kappa shape index (κ3) is 4.69. The minimum atomic E-state index is -2.97. The second-order valence-corrected chi connectivity index (χ2v) is 13.7. The Kier molecular flexibility index (Phi) is 6.55. The highest BCUT2D eigenvalue weighted by Crippen LogP contribution is 2.40. The molecule has 3 aliphatic rings. The molecule has 4 aromatic rings. The molecule has 5 heterocycles. The zero-order chi connectivity index (χ0) is 28.2. The van der Waals surface area contributed by atoms with Crippen LogP contribution in [0.3, 0.4) is 0 Å². The van der Waals surface area contributed by atoms with Gasteiger partial charge in [0.25, 0.3) is 0 Å². The minimum absolute atomic E-state index is 0.0300. The average Bonchev–Trinajstić information content (AvgIpc) is 3.54. The third-order valence-corrected chi connectivity index (χ3v) is 10.9. The molecule has 2 aromatic heterocycles. The highest BCUT2D eigenvalue weighted by molar-refractivity contribution is 7.92. The molecule has 3 aliphatic heterocycles. The molecule has 2 aromatic carbocycles. The number of hydrogen-bond donors (Lipinski definition) is 2. The smallest absolute Gasteiger partial charge is 0.319 e. The van der Waals surface area contributed by atoms with E-state index in [0.717, 1.165) is 49.5 Å². The Labute approximate surface area is 237 Å². The molecule has 3 saturated heterocycles. The van der Waals surface area contributed by atoms with Gasteiger partial charge in [0, 0.05) is 24.2 Å². The number of anilines is 1. The number of ether oxygens (including phenoxy) is 1. The molecule has 0 amide bonds. The van der Waals surface area contributed by atoms with Crippen molar-refractivity contribution >= 4 is 37.3 Å². The molecule has 0 atom stereocenters. The van der Waals surface area contributed by atoms with Gasteiger partial charge in [-0.15, -0.1) is 0 Å². The molecule has 0 unspecified atom stereocenters. The summed E-state index contributed by atoms with van der Waals surface area (Å²) >= 11 is 0. The molecule has 0 aliphatic carbocycles. The van der Waals surface area contributed by atoms with Crippen molar-refractivity contribution in [3.8, 4) is 17.3 Å². The van der Waals surface area contributed by atoms with Crippen molar-refractivity contribution in [3.63, 3.8) is 0 Å². The quantitative estimate of drug-likeness (QED) is 0.321. The van der Waals surface area contributed by atoms with Gasteiger partial charge in [-0.25, -0.2) is 12.8 Å². The first-order valence-corrected chi connectivity index (χ1v) is 16.0. The monoisotopic (exact) mass is 577 g/mol. The van der Waals surface area contributed by atoms with Crippen LogP contribution in [0.5, 0.6) is 6.01 Å². The molecule has 0 spiro atoms. The van der Waals surface area contributed by atoms with Crippen LogP contribution in [0.1, 0.15) is 31.2 Å². The van der Waals surface area contributed by atoms with E-state index in [1.807, 2.05) is 30.3 Å². The van der Waals surface area contributed by atoms with Crippen LogP contribution in [0.4, 0.5) is 10.2 Å². The number of sulfone groups is 1. The summed E-state index contributed by atoms with van der Waals surface area (Å²) in [6, 6.07) is 11.2. The molecular weight excluding hydrogens is 545 g/mol. The summed E-state index contributed by atoms with van der Waals surface area (Å²) in [6.45, 7) is 2.75. The van der Waals surface area contributed by atoms with Gasteiger partial charge in [-0.05, 0) is 55.1 Å². The molecule has 11 heteroatoms. The first-order chi connectivity index (χ1) is 19.9. The van der Waals surface area contributed by atoms with Crippen LogP contribution >= 0.6 is 0 Å². The number of fused-ring (bicyclic) bond motifs is 3. The van der Waals surface area contributed by atoms with Crippen molar-refractivity contribution in [2.45, 2.75) is 37.8 Å². The summed E-state index contributed by atoms with van der Waals surface area (Å²) in [6.07, 6.45) is 5.91.